The number of hydrogen-bond donors (Lipinski definition) is 1. The highest BCUT2D eigenvalue weighted by Gasteiger charge is 2.09. The number of hydrogen-bond acceptors (Lipinski definition) is 4. The molecule has 2 aromatic carbocycles. The van der Waals surface area contributed by atoms with Gasteiger partial charge in [0.05, 0.1) is 7.11 Å². The summed E-state index contributed by atoms with van der Waals surface area (Å²) in [6.45, 7) is 3.62. The van der Waals surface area contributed by atoms with Gasteiger partial charge in [0.25, 0.3) is 0 Å². The number of aldehydes is 1. The van der Waals surface area contributed by atoms with Crippen LogP contribution >= 0.6 is 0 Å². The topological polar surface area (TPSA) is 49.8 Å². The first-order chi connectivity index (χ1) is 13.3. The number of benzene rings is 2. The van der Waals surface area contributed by atoms with E-state index in [0.717, 1.165) is 45.0 Å². The van der Waals surface area contributed by atoms with Crippen LogP contribution in [0.4, 0.5) is 0 Å². The molecular formula is C23H33NO3. The molecule has 0 spiro atoms. The fourth-order valence-corrected chi connectivity index (χ4v) is 2.98. The number of carbonyl (C=O) groups is 1. The van der Waals surface area contributed by atoms with Crippen molar-refractivity contribution in [2.75, 3.05) is 33.9 Å². The second-order valence-corrected chi connectivity index (χ2v) is 6.37. The maximum atomic E-state index is 9.96. The van der Waals surface area contributed by atoms with Crippen LogP contribution in [-0.2, 0) is 11.2 Å². The number of methoxy groups -OCH3 is 1. The minimum Gasteiger partial charge on any atom is -0.497 e. The van der Waals surface area contributed by atoms with E-state index in [9.17, 15) is 4.79 Å². The standard InChI is InChI=1S/C14H14O.C8H15NO.CH4O/c1-15-14-9-7-13(8-10-14)11-12-5-3-2-4-6-12;10-8-4-3-7-9-5-1-2-6-9;1-2/h2-10H,11H2,1H3;8H,1-7H2;2H,1H3. The Morgan fingerprint density at radius 1 is 0.963 bits per heavy atom. The van der Waals surface area contributed by atoms with E-state index >= 15 is 0 Å². The van der Waals surface area contributed by atoms with Gasteiger partial charge in [0.2, 0.25) is 0 Å². The van der Waals surface area contributed by atoms with Crippen molar-refractivity contribution >= 4 is 6.29 Å². The Balaban J connectivity index is 0.000000265. The van der Waals surface area contributed by atoms with Crippen LogP contribution in [0.1, 0.15) is 36.8 Å². The van der Waals surface area contributed by atoms with Crippen molar-refractivity contribution in [2.24, 2.45) is 0 Å². The Bertz CT molecular complexity index is 593. The van der Waals surface area contributed by atoms with Crippen molar-refractivity contribution in [1.29, 1.82) is 0 Å². The van der Waals surface area contributed by atoms with Gasteiger partial charge in [-0.3, -0.25) is 0 Å². The molecule has 1 aliphatic heterocycles. The van der Waals surface area contributed by atoms with E-state index in [2.05, 4.69) is 41.3 Å². The Hall–Kier alpha value is -2.17. The Morgan fingerprint density at radius 2 is 1.56 bits per heavy atom. The van der Waals surface area contributed by atoms with Gasteiger partial charge in [0.15, 0.2) is 0 Å². The molecule has 0 aliphatic carbocycles. The number of nitrogens with zero attached hydrogens (tertiary/aromatic N) is 1. The van der Waals surface area contributed by atoms with Crippen LogP contribution in [0, 0.1) is 0 Å². The number of aliphatic hydroxyl groups excluding tert-OH is 1. The monoisotopic (exact) mass is 371 g/mol. The molecule has 148 valence electrons. The highest BCUT2D eigenvalue weighted by atomic mass is 16.5. The molecule has 1 heterocycles. The molecule has 1 fully saturated rings. The first kappa shape index (κ1) is 22.9. The zero-order valence-electron chi connectivity index (χ0n) is 16.6. The summed E-state index contributed by atoms with van der Waals surface area (Å²) in [5.41, 5.74) is 2.64. The van der Waals surface area contributed by atoms with E-state index in [1.165, 1.54) is 37.1 Å². The fraction of sp³-hybridized carbons (Fsp3) is 0.435. The van der Waals surface area contributed by atoms with Crippen LogP contribution < -0.4 is 4.74 Å². The molecule has 2 aromatic rings. The Labute approximate surface area is 163 Å². The molecule has 0 amide bonds. The zero-order valence-corrected chi connectivity index (χ0v) is 16.6. The fourth-order valence-electron chi connectivity index (χ4n) is 2.98. The number of aliphatic hydroxyl groups is 1. The molecule has 0 aromatic heterocycles. The molecule has 3 rings (SSSR count). The molecule has 1 aliphatic rings. The lowest BCUT2D eigenvalue weighted by atomic mass is 10.1. The molecule has 0 bridgehead atoms. The highest BCUT2D eigenvalue weighted by molar-refractivity contribution is 5.49. The average Bonchev–Trinajstić information content (AvgIpc) is 3.25. The molecule has 1 saturated heterocycles. The van der Waals surface area contributed by atoms with Gasteiger partial charge < -0.3 is 19.5 Å². The van der Waals surface area contributed by atoms with E-state index in [-0.39, 0.29) is 0 Å². The van der Waals surface area contributed by atoms with Crippen molar-refractivity contribution in [3.8, 4) is 5.75 Å². The summed E-state index contributed by atoms with van der Waals surface area (Å²) in [6.07, 6.45) is 6.46. The average molecular weight is 372 g/mol. The van der Waals surface area contributed by atoms with Crippen LogP contribution in [0.3, 0.4) is 0 Å². The van der Waals surface area contributed by atoms with Gasteiger partial charge in [-0.25, -0.2) is 0 Å². The maximum Gasteiger partial charge on any atom is 0.120 e. The summed E-state index contributed by atoms with van der Waals surface area (Å²) >= 11 is 0. The molecular weight excluding hydrogens is 338 g/mol. The van der Waals surface area contributed by atoms with Gasteiger partial charge in [-0.1, -0.05) is 42.5 Å². The second-order valence-electron chi connectivity index (χ2n) is 6.37. The first-order valence-electron chi connectivity index (χ1n) is 9.59. The van der Waals surface area contributed by atoms with E-state index in [4.69, 9.17) is 9.84 Å². The molecule has 0 saturated carbocycles. The first-order valence-corrected chi connectivity index (χ1v) is 9.59. The minimum absolute atomic E-state index is 0.733. The quantitative estimate of drug-likeness (QED) is 0.591. The van der Waals surface area contributed by atoms with E-state index in [1.54, 1.807) is 7.11 Å². The molecule has 0 atom stereocenters. The largest absolute Gasteiger partial charge is 0.497 e. The van der Waals surface area contributed by atoms with E-state index in [0.29, 0.717) is 0 Å². The summed E-state index contributed by atoms with van der Waals surface area (Å²) in [5.74, 6) is 0.909. The van der Waals surface area contributed by atoms with Gasteiger partial charge in [-0.05, 0) is 68.6 Å². The van der Waals surface area contributed by atoms with Gasteiger partial charge in [0.1, 0.15) is 12.0 Å². The van der Waals surface area contributed by atoms with Crippen LogP contribution in [0.5, 0.6) is 5.75 Å². The van der Waals surface area contributed by atoms with E-state index in [1.807, 2.05) is 18.2 Å². The lowest BCUT2D eigenvalue weighted by Gasteiger charge is -2.12. The van der Waals surface area contributed by atoms with Crippen molar-refractivity contribution in [2.45, 2.75) is 32.1 Å². The van der Waals surface area contributed by atoms with Crippen LogP contribution in [0.25, 0.3) is 0 Å². The summed E-state index contributed by atoms with van der Waals surface area (Å²) in [7, 11) is 2.69. The Morgan fingerprint density at radius 3 is 2.11 bits per heavy atom. The predicted molar refractivity (Wildman–Crippen MR) is 111 cm³/mol. The summed E-state index contributed by atoms with van der Waals surface area (Å²) in [4.78, 5) is 12.4. The van der Waals surface area contributed by atoms with Gasteiger partial charge in [0, 0.05) is 13.5 Å². The van der Waals surface area contributed by atoms with Crippen molar-refractivity contribution < 1.29 is 14.6 Å². The van der Waals surface area contributed by atoms with Crippen molar-refractivity contribution in [3.05, 3.63) is 65.7 Å². The summed E-state index contributed by atoms with van der Waals surface area (Å²) < 4.78 is 5.12. The molecule has 27 heavy (non-hydrogen) atoms. The van der Waals surface area contributed by atoms with Gasteiger partial charge in [-0.2, -0.15) is 0 Å². The predicted octanol–water partition coefficient (Wildman–Crippen LogP) is 3.96. The minimum atomic E-state index is 0.733. The summed E-state index contributed by atoms with van der Waals surface area (Å²) in [6, 6.07) is 18.7. The third-order valence-electron chi connectivity index (χ3n) is 4.41. The van der Waals surface area contributed by atoms with E-state index < -0.39 is 0 Å². The van der Waals surface area contributed by atoms with Crippen molar-refractivity contribution in [1.82, 2.24) is 4.90 Å². The molecule has 4 nitrogen and oxygen atoms in total. The zero-order chi connectivity index (χ0) is 19.7. The molecule has 4 heteroatoms. The highest BCUT2D eigenvalue weighted by Crippen LogP contribution is 2.14. The molecule has 1 N–H and O–H groups in total. The number of carbonyl (C=O) groups excluding carboxylic acids is 1. The lowest BCUT2D eigenvalue weighted by Crippen LogP contribution is -2.20. The SMILES string of the molecule is CO.COc1ccc(Cc2ccccc2)cc1.O=CCCCN1CCCC1. The number of rotatable bonds is 7. The van der Waals surface area contributed by atoms with Crippen LogP contribution in [0.15, 0.2) is 54.6 Å². The summed E-state index contributed by atoms with van der Waals surface area (Å²) in [5, 5.41) is 7.00. The number of ether oxygens (including phenoxy) is 1. The second kappa shape index (κ2) is 14.9. The van der Waals surface area contributed by atoms with Gasteiger partial charge in [-0.15, -0.1) is 0 Å². The number of likely N-dealkylation sites (tertiary alicyclic amines) is 1. The van der Waals surface area contributed by atoms with Crippen molar-refractivity contribution in [3.63, 3.8) is 0 Å². The normalized spacial score (nSPS) is 13.0. The van der Waals surface area contributed by atoms with Crippen LogP contribution in [-0.4, -0.2) is 50.1 Å². The Kier molecular flexibility index (Phi) is 12.7. The van der Waals surface area contributed by atoms with Crippen LogP contribution in [0.2, 0.25) is 0 Å². The molecule has 0 unspecified atom stereocenters. The third kappa shape index (κ3) is 9.92. The number of unbranched alkanes of at least 4 members (excludes halogenated alkanes) is 1. The third-order valence-corrected chi connectivity index (χ3v) is 4.41. The van der Waals surface area contributed by atoms with Gasteiger partial charge >= 0.3 is 0 Å². The lowest BCUT2D eigenvalue weighted by molar-refractivity contribution is -0.108. The molecule has 0 radical (unpaired) electrons. The smallest absolute Gasteiger partial charge is 0.120 e. The maximum absolute atomic E-state index is 9.96.